The molecule has 1 aromatic carbocycles. The predicted molar refractivity (Wildman–Crippen MR) is 93.8 cm³/mol. The van der Waals surface area contributed by atoms with E-state index >= 15 is 0 Å². The number of rotatable bonds is 3. The van der Waals surface area contributed by atoms with E-state index in [1.165, 1.54) is 6.07 Å². The molecule has 1 saturated heterocycles. The molecule has 4 rings (SSSR count). The van der Waals surface area contributed by atoms with Crippen LogP contribution in [0.3, 0.4) is 0 Å². The lowest BCUT2D eigenvalue weighted by Gasteiger charge is -2.35. The summed E-state index contributed by atoms with van der Waals surface area (Å²) in [5.41, 5.74) is 0.936. The number of piperidine rings is 1. The number of aromatic nitrogens is 2. The Morgan fingerprint density at radius 2 is 2.08 bits per heavy atom. The number of hydrogen-bond donors (Lipinski definition) is 0. The van der Waals surface area contributed by atoms with Crippen LogP contribution < -0.4 is 0 Å². The van der Waals surface area contributed by atoms with Crippen LogP contribution in [0.15, 0.2) is 30.5 Å². The normalized spacial score (nSPS) is 22.0. The Balaban J connectivity index is 1.57. The van der Waals surface area contributed by atoms with Gasteiger partial charge in [-0.2, -0.15) is 0 Å². The Bertz CT molecular complexity index is 809. The fourth-order valence-electron chi connectivity index (χ4n) is 4.26. The minimum Gasteiger partial charge on any atom is -0.341 e. The lowest BCUT2D eigenvalue weighted by Crippen LogP contribution is -2.45. The minimum atomic E-state index is -0.634. The van der Waals surface area contributed by atoms with E-state index in [-0.39, 0.29) is 17.6 Å². The summed E-state index contributed by atoms with van der Waals surface area (Å²) >= 11 is 0. The number of likely N-dealkylation sites (tertiary alicyclic amines) is 1. The SMILES string of the molecule is Cc1cn(C)c([C@@H]2CCCN(C(=O)C3(c4ccccc4F)CC3)C2)n1. The van der Waals surface area contributed by atoms with E-state index in [0.717, 1.165) is 43.7 Å². The predicted octanol–water partition coefficient (Wildman–Crippen LogP) is 3.31. The van der Waals surface area contributed by atoms with E-state index in [1.54, 1.807) is 12.1 Å². The second-order valence-electron chi connectivity index (χ2n) is 7.50. The average Bonchev–Trinajstić information content (AvgIpc) is 3.34. The molecule has 0 N–H and O–H groups in total. The molecule has 2 heterocycles. The van der Waals surface area contributed by atoms with Crippen molar-refractivity contribution in [1.82, 2.24) is 14.5 Å². The fourth-order valence-corrected chi connectivity index (χ4v) is 4.26. The molecule has 2 aromatic rings. The summed E-state index contributed by atoms with van der Waals surface area (Å²) in [4.78, 5) is 19.8. The molecular formula is C20H24FN3O. The van der Waals surface area contributed by atoms with Crippen LogP contribution in [0.25, 0.3) is 0 Å². The van der Waals surface area contributed by atoms with Gasteiger partial charge in [-0.1, -0.05) is 18.2 Å². The van der Waals surface area contributed by atoms with Crippen LogP contribution in [-0.4, -0.2) is 33.4 Å². The van der Waals surface area contributed by atoms with Gasteiger partial charge < -0.3 is 9.47 Å². The average molecular weight is 341 g/mol. The third-order valence-corrected chi connectivity index (χ3v) is 5.66. The highest BCUT2D eigenvalue weighted by Gasteiger charge is 2.54. The molecule has 1 aliphatic heterocycles. The monoisotopic (exact) mass is 341 g/mol. The molecular weight excluding hydrogens is 317 g/mol. The lowest BCUT2D eigenvalue weighted by molar-refractivity contribution is -0.135. The smallest absolute Gasteiger partial charge is 0.233 e. The Morgan fingerprint density at radius 3 is 2.72 bits per heavy atom. The second-order valence-corrected chi connectivity index (χ2v) is 7.50. The molecule has 0 radical (unpaired) electrons. The van der Waals surface area contributed by atoms with Crippen molar-refractivity contribution < 1.29 is 9.18 Å². The summed E-state index contributed by atoms with van der Waals surface area (Å²) in [5, 5.41) is 0. The Hall–Kier alpha value is -2.17. The number of benzene rings is 1. The first-order valence-electron chi connectivity index (χ1n) is 9.05. The molecule has 1 atom stereocenters. The summed E-state index contributed by atoms with van der Waals surface area (Å²) in [5.74, 6) is 1.13. The van der Waals surface area contributed by atoms with E-state index in [2.05, 4.69) is 9.55 Å². The zero-order chi connectivity index (χ0) is 17.6. The van der Waals surface area contributed by atoms with Gasteiger partial charge in [0, 0.05) is 37.8 Å². The van der Waals surface area contributed by atoms with E-state index < -0.39 is 5.41 Å². The highest BCUT2D eigenvalue weighted by Crippen LogP contribution is 2.51. The van der Waals surface area contributed by atoms with Crippen LogP contribution in [-0.2, 0) is 17.3 Å². The minimum absolute atomic E-state index is 0.0910. The molecule has 1 amide bonds. The van der Waals surface area contributed by atoms with Crippen LogP contribution >= 0.6 is 0 Å². The first kappa shape index (κ1) is 16.3. The molecule has 2 aliphatic rings. The Morgan fingerprint density at radius 1 is 1.32 bits per heavy atom. The van der Waals surface area contributed by atoms with E-state index in [1.807, 2.05) is 31.1 Å². The van der Waals surface area contributed by atoms with E-state index in [0.29, 0.717) is 12.1 Å². The van der Waals surface area contributed by atoms with Crippen LogP contribution in [0.1, 0.15) is 48.7 Å². The van der Waals surface area contributed by atoms with Crippen molar-refractivity contribution in [2.75, 3.05) is 13.1 Å². The topological polar surface area (TPSA) is 38.1 Å². The molecule has 1 aliphatic carbocycles. The van der Waals surface area contributed by atoms with Gasteiger partial charge >= 0.3 is 0 Å². The fraction of sp³-hybridized carbons (Fsp3) is 0.500. The largest absolute Gasteiger partial charge is 0.341 e. The molecule has 1 aromatic heterocycles. The summed E-state index contributed by atoms with van der Waals surface area (Å²) in [6, 6.07) is 6.73. The molecule has 1 saturated carbocycles. The lowest BCUT2D eigenvalue weighted by atomic mass is 9.90. The van der Waals surface area contributed by atoms with Gasteiger partial charge in [0.25, 0.3) is 0 Å². The molecule has 25 heavy (non-hydrogen) atoms. The summed E-state index contributed by atoms with van der Waals surface area (Å²) < 4.78 is 16.3. The van der Waals surface area contributed by atoms with Crippen molar-refractivity contribution in [1.29, 1.82) is 0 Å². The van der Waals surface area contributed by atoms with Gasteiger partial charge in [-0.3, -0.25) is 4.79 Å². The highest BCUT2D eigenvalue weighted by molar-refractivity contribution is 5.91. The maximum absolute atomic E-state index is 14.3. The molecule has 5 heteroatoms. The quantitative estimate of drug-likeness (QED) is 0.859. The second kappa shape index (κ2) is 5.97. The van der Waals surface area contributed by atoms with Gasteiger partial charge in [0.15, 0.2) is 0 Å². The van der Waals surface area contributed by atoms with Gasteiger partial charge in [0.1, 0.15) is 11.6 Å². The Labute approximate surface area is 147 Å². The molecule has 4 nitrogen and oxygen atoms in total. The van der Waals surface area contributed by atoms with Crippen molar-refractivity contribution in [3.63, 3.8) is 0 Å². The first-order chi connectivity index (χ1) is 12.0. The zero-order valence-corrected chi connectivity index (χ0v) is 14.8. The maximum atomic E-state index is 14.3. The van der Waals surface area contributed by atoms with Crippen molar-refractivity contribution >= 4 is 5.91 Å². The molecule has 0 unspecified atom stereocenters. The number of halogens is 1. The van der Waals surface area contributed by atoms with Gasteiger partial charge in [0.05, 0.1) is 11.1 Å². The van der Waals surface area contributed by atoms with E-state index in [9.17, 15) is 9.18 Å². The molecule has 0 spiro atoms. The first-order valence-corrected chi connectivity index (χ1v) is 9.05. The van der Waals surface area contributed by atoms with Crippen LogP contribution in [0.5, 0.6) is 0 Å². The number of hydrogen-bond acceptors (Lipinski definition) is 2. The van der Waals surface area contributed by atoms with Gasteiger partial charge in [0.2, 0.25) is 5.91 Å². The summed E-state index contributed by atoms with van der Waals surface area (Å²) in [6.07, 6.45) is 5.53. The standard InChI is InChI=1S/C20H24FN3O/c1-14-12-23(2)18(22-14)15-6-5-11-24(13-15)19(25)20(9-10-20)16-7-3-4-8-17(16)21/h3-4,7-8,12,15H,5-6,9-11,13H2,1-2H3/t15-/m1/s1. The van der Waals surface area contributed by atoms with Crippen molar-refractivity contribution in [2.45, 2.75) is 43.9 Å². The van der Waals surface area contributed by atoms with Crippen molar-refractivity contribution in [2.24, 2.45) is 7.05 Å². The van der Waals surface area contributed by atoms with Gasteiger partial charge in [-0.15, -0.1) is 0 Å². The van der Waals surface area contributed by atoms with Gasteiger partial charge in [-0.25, -0.2) is 9.37 Å². The summed E-state index contributed by atoms with van der Waals surface area (Å²) in [7, 11) is 2.01. The number of nitrogens with zero attached hydrogens (tertiary/aromatic N) is 3. The van der Waals surface area contributed by atoms with Gasteiger partial charge in [-0.05, 0) is 38.7 Å². The number of amides is 1. The molecule has 0 bridgehead atoms. The number of carbonyl (C=O) groups is 1. The van der Waals surface area contributed by atoms with Crippen LogP contribution in [0.4, 0.5) is 4.39 Å². The Kier molecular flexibility index (Phi) is 3.89. The highest BCUT2D eigenvalue weighted by atomic mass is 19.1. The summed E-state index contributed by atoms with van der Waals surface area (Å²) in [6.45, 7) is 3.43. The van der Waals surface area contributed by atoms with E-state index in [4.69, 9.17) is 0 Å². The molecule has 2 fully saturated rings. The maximum Gasteiger partial charge on any atom is 0.233 e. The van der Waals surface area contributed by atoms with Crippen LogP contribution in [0.2, 0.25) is 0 Å². The zero-order valence-electron chi connectivity index (χ0n) is 14.8. The number of aryl methyl sites for hydroxylation is 2. The van der Waals surface area contributed by atoms with Crippen molar-refractivity contribution in [3.8, 4) is 0 Å². The van der Waals surface area contributed by atoms with Crippen LogP contribution in [0, 0.1) is 12.7 Å². The molecule has 132 valence electrons. The van der Waals surface area contributed by atoms with Crippen molar-refractivity contribution in [3.05, 3.63) is 53.4 Å². The third kappa shape index (κ3) is 2.75. The number of imidazole rings is 1. The number of carbonyl (C=O) groups excluding carboxylic acids is 1. The third-order valence-electron chi connectivity index (χ3n) is 5.66.